The number of hydrogen-bond donors (Lipinski definition) is 2. The van der Waals surface area contributed by atoms with Gasteiger partial charge >= 0.3 is 0 Å². The Morgan fingerprint density at radius 1 is 1.45 bits per heavy atom. The van der Waals surface area contributed by atoms with Crippen LogP contribution in [0.15, 0.2) is 18.2 Å². The molecule has 0 bridgehead atoms. The zero-order valence-electron chi connectivity index (χ0n) is 10.8. The van der Waals surface area contributed by atoms with Crippen LogP contribution in [0.25, 0.3) is 0 Å². The van der Waals surface area contributed by atoms with E-state index in [1.165, 1.54) is 6.07 Å². The maximum atomic E-state index is 13.7. The number of amides is 1. The van der Waals surface area contributed by atoms with E-state index in [2.05, 4.69) is 5.32 Å². The number of anilines is 1. The molecule has 6 nitrogen and oxygen atoms in total. The van der Waals surface area contributed by atoms with Crippen molar-refractivity contribution in [2.45, 2.75) is 31.7 Å². The van der Waals surface area contributed by atoms with Crippen molar-refractivity contribution < 1.29 is 14.1 Å². The van der Waals surface area contributed by atoms with Crippen LogP contribution in [-0.4, -0.2) is 16.9 Å². The average Bonchev–Trinajstić information content (AvgIpc) is 2.40. The molecule has 1 aliphatic carbocycles. The predicted octanol–water partition coefficient (Wildman–Crippen LogP) is 2.19. The summed E-state index contributed by atoms with van der Waals surface area (Å²) >= 11 is 0. The molecule has 7 heteroatoms. The van der Waals surface area contributed by atoms with Gasteiger partial charge < -0.3 is 11.1 Å². The summed E-state index contributed by atoms with van der Waals surface area (Å²) in [6.07, 6.45) is 2.89. The molecule has 1 aromatic rings. The Hall–Kier alpha value is -2.02. The highest BCUT2D eigenvalue weighted by Gasteiger charge is 2.28. The molecular formula is C13H16FN3O3. The summed E-state index contributed by atoms with van der Waals surface area (Å²) in [4.78, 5) is 22.2. The van der Waals surface area contributed by atoms with Crippen LogP contribution < -0.4 is 11.1 Å². The maximum Gasteiger partial charge on any atom is 0.295 e. The molecule has 2 unspecified atom stereocenters. The predicted molar refractivity (Wildman–Crippen MR) is 71.6 cm³/mol. The van der Waals surface area contributed by atoms with Gasteiger partial charge in [-0.05, 0) is 25.3 Å². The van der Waals surface area contributed by atoms with Crippen molar-refractivity contribution >= 4 is 17.3 Å². The molecule has 20 heavy (non-hydrogen) atoms. The first kappa shape index (κ1) is 14.4. The van der Waals surface area contributed by atoms with Crippen LogP contribution in [0.3, 0.4) is 0 Å². The number of nitrogens with two attached hydrogens (primary N) is 1. The third-order valence-corrected chi connectivity index (χ3v) is 3.52. The van der Waals surface area contributed by atoms with Gasteiger partial charge in [-0.15, -0.1) is 0 Å². The van der Waals surface area contributed by atoms with Crippen LogP contribution in [0.2, 0.25) is 0 Å². The quantitative estimate of drug-likeness (QED) is 0.655. The van der Waals surface area contributed by atoms with Gasteiger partial charge in [0.2, 0.25) is 5.91 Å². The van der Waals surface area contributed by atoms with Gasteiger partial charge in [-0.25, -0.2) is 4.39 Å². The molecule has 1 aromatic carbocycles. The molecule has 0 aromatic heterocycles. The Morgan fingerprint density at radius 2 is 2.20 bits per heavy atom. The smallest absolute Gasteiger partial charge is 0.295 e. The standard InChI is InChI=1S/C13H16FN3O3/c14-10-5-2-6-11(17(19)20)12(10)16-13(18)8-3-1-4-9(15)7-8/h2,5-6,8-9H,1,3-4,7,15H2,(H,16,18). The summed E-state index contributed by atoms with van der Waals surface area (Å²) in [6, 6.07) is 3.43. The molecule has 1 aliphatic rings. The number of nitrogens with one attached hydrogen (secondary N) is 1. The Morgan fingerprint density at radius 3 is 2.85 bits per heavy atom. The van der Waals surface area contributed by atoms with Crippen molar-refractivity contribution in [1.82, 2.24) is 0 Å². The number of nitro groups is 1. The summed E-state index contributed by atoms with van der Waals surface area (Å²) in [5.74, 6) is -1.54. The zero-order valence-corrected chi connectivity index (χ0v) is 10.8. The summed E-state index contributed by atoms with van der Waals surface area (Å²) in [5, 5.41) is 13.2. The number of carbonyl (C=O) groups is 1. The molecular weight excluding hydrogens is 265 g/mol. The van der Waals surface area contributed by atoms with Crippen molar-refractivity contribution in [1.29, 1.82) is 0 Å². The van der Waals surface area contributed by atoms with Crippen molar-refractivity contribution in [3.8, 4) is 0 Å². The number of benzene rings is 1. The van der Waals surface area contributed by atoms with Crippen LogP contribution in [0.1, 0.15) is 25.7 Å². The molecule has 0 aliphatic heterocycles. The lowest BCUT2D eigenvalue weighted by atomic mass is 9.85. The first-order valence-corrected chi connectivity index (χ1v) is 6.48. The topological polar surface area (TPSA) is 98.3 Å². The monoisotopic (exact) mass is 281 g/mol. The zero-order chi connectivity index (χ0) is 14.7. The molecule has 1 amide bonds. The second-order valence-corrected chi connectivity index (χ2v) is 5.00. The molecule has 1 saturated carbocycles. The first-order valence-electron chi connectivity index (χ1n) is 6.48. The van der Waals surface area contributed by atoms with E-state index in [0.717, 1.165) is 25.0 Å². The van der Waals surface area contributed by atoms with Crippen LogP contribution in [0.5, 0.6) is 0 Å². The fourth-order valence-electron chi connectivity index (χ4n) is 2.48. The Balaban J connectivity index is 2.17. The molecule has 0 radical (unpaired) electrons. The summed E-state index contributed by atoms with van der Waals surface area (Å²) in [5.41, 5.74) is 4.98. The largest absolute Gasteiger partial charge is 0.328 e. The lowest BCUT2D eigenvalue weighted by Crippen LogP contribution is -2.34. The van der Waals surface area contributed by atoms with Gasteiger partial charge in [0, 0.05) is 18.0 Å². The number of nitro benzene ring substituents is 1. The average molecular weight is 281 g/mol. The normalized spacial score (nSPS) is 22.3. The first-order chi connectivity index (χ1) is 9.49. The van der Waals surface area contributed by atoms with E-state index in [1.807, 2.05) is 0 Å². The van der Waals surface area contributed by atoms with Crippen molar-refractivity contribution in [2.75, 3.05) is 5.32 Å². The minimum Gasteiger partial charge on any atom is -0.328 e. The highest BCUT2D eigenvalue weighted by molar-refractivity contribution is 5.94. The second kappa shape index (κ2) is 5.96. The molecule has 2 atom stereocenters. The van der Waals surface area contributed by atoms with E-state index in [4.69, 9.17) is 5.73 Å². The van der Waals surface area contributed by atoms with Crippen molar-refractivity contribution in [3.05, 3.63) is 34.1 Å². The van der Waals surface area contributed by atoms with E-state index < -0.39 is 22.3 Å². The lowest BCUT2D eigenvalue weighted by Gasteiger charge is -2.25. The number of carbonyl (C=O) groups excluding carboxylic acids is 1. The highest BCUT2D eigenvalue weighted by atomic mass is 19.1. The van der Waals surface area contributed by atoms with Gasteiger partial charge in [-0.3, -0.25) is 14.9 Å². The second-order valence-electron chi connectivity index (χ2n) is 5.00. The third-order valence-electron chi connectivity index (χ3n) is 3.52. The third kappa shape index (κ3) is 3.11. The van der Waals surface area contributed by atoms with Crippen molar-refractivity contribution in [2.24, 2.45) is 11.7 Å². The van der Waals surface area contributed by atoms with Gasteiger partial charge in [0.25, 0.3) is 5.69 Å². The van der Waals surface area contributed by atoms with Crippen LogP contribution >= 0.6 is 0 Å². The van der Waals surface area contributed by atoms with Gasteiger partial charge in [0.05, 0.1) is 4.92 Å². The summed E-state index contributed by atoms with van der Waals surface area (Å²) < 4.78 is 13.7. The van der Waals surface area contributed by atoms with E-state index in [1.54, 1.807) is 0 Å². The Kier molecular flexibility index (Phi) is 4.29. The number of hydrogen-bond acceptors (Lipinski definition) is 4. The van der Waals surface area contributed by atoms with Crippen LogP contribution in [-0.2, 0) is 4.79 Å². The fraction of sp³-hybridized carbons (Fsp3) is 0.462. The van der Waals surface area contributed by atoms with Crippen LogP contribution in [0, 0.1) is 21.8 Å². The molecule has 108 valence electrons. The van der Waals surface area contributed by atoms with Crippen LogP contribution in [0.4, 0.5) is 15.8 Å². The summed E-state index contributed by atoms with van der Waals surface area (Å²) in [6.45, 7) is 0. The molecule has 0 saturated heterocycles. The fourth-order valence-corrected chi connectivity index (χ4v) is 2.48. The SMILES string of the molecule is NC1CCCC(C(=O)Nc2c(F)cccc2[N+](=O)[O-])C1. The number of para-hydroxylation sites is 1. The van der Waals surface area contributed by atoms with E-state index in [9.17, 15) is 19.3 Å². The van der Waals surface area contributed by atoms with Gasteiger partial charge in [-0.2, -0.15) is 0 Å². The maximum absolute atomic E-state index is 13.7. The summed E-state index contributed by atoms with van der Waals surface area (Å²) in [7, 11) is 0. The minimum atomic E-state index is -0.812. The Labute approximate surface area is 115 Å². The van der Waals surface area contributed by atoms with Gasteiger partial charge in [-0.1, -0.05) is 12.5 Å². The highest BCUT2D eigenvalue weighted by Crippen LogP contribution is 2.29. The minimum absolute atomic E-state index is 0.0462. The number of rotatable bonds is 3. The van der Waals surface area contributed by atoms with E-state index in [-0.39, 0.29) is 17.6 Å². The molecule has 0 heterocycles. The molecule has 1 fully saturated rings. The molecule has 2 rings (SSSR count). The van der Waals surface area contributed by atoms with Gasteiger partial charge in [0.1, 0.15) is 0 Å². The van der Waals surface area contributed by atoms with Crippen molar-refractivity contribution in [3.63, 3.8) is 0 Å². The number of halogens is 1. The van der Waals surface area contributed by atoms with E-state index in [0.29, 0.717) is 12.8 Å². The number of nitrogens with zero attached hydrogens (tertiary/aromatic N) is 1. The Bertz CT molecular complexity index is 536. The lowest BCUT2D eigenvalue weighted by molar-refractivity contribution is -0.384. The molecule has 0 spiro atoms. The van der Waals surface area contributed by atoms with Gasteiger partial charge in [0.15, 0.2) is 11.5 Å². The molecule has 3 N–H and O–H groups in total. The van der Waals surface area contributed by atoms with E-state index >= 15 is 0 Å².